The van der Waals surface area contributed by atoms with Crippen molar-refractivity contribution in [2.45, 2.75) is 41.9 Å². The molecular weight excluding hydrogens is 495 g/mol. The van der Waals surface area contributed by atoms with Gasteiger partial charge >= 0.3 is 0 Å². The second-order valence-corrected chi connectivity index (χ2v) is 11.0. The van der Waals surface area contributed by atoms with E-state index in [1.54, 1.807) is 18.2 Å². The van der Waals surface area contributed by atoms with Crippen LogP contribution in [0.3, 0.4) is 0 Å². The summed E-state index contributed by atoms with van der Waals surface area (Å²) in [5.41, 5.74) is 0.912. The van der Waals surface area contributed by atoms with Gasteiger partial charge in [0.1, 0.15) is 0 Å². The molecule has 186 valence electrons. The predicted molar refractivity (Wildman–Crippen MR) is 127 cm³/mol. The molecule has 8 nitrogen and oxygen atoms in total. The highest BCUT2D eigenvalue weighted by Gasteiger charge is 2.76. The van der Waals surface area contributed by atoms with Gasteiger partial charge in [-0.05, 0) is 31.2 Å². The van der Waals surface area contributed by atoms with E-state index in [4.69, 9.17) is 27.9 Å². The number of hydrogen-bond donors (Lipinski definition) is 1. The van der Waals surface area contributed by atoms with Gasteiger partial charge < -0.3 is 9.84 Å². The molecule has 10 heteroatoms. The summed E-state index contributed by atoms with van der Waals surface area (Å²) >= 11 is 14.2. The Morgan fingerprint density at radius 1 is 1.11 bits per heavy atom. The van der Waals surface area contributed by atoms with E-state index in [9.17, 15) is 24.3 Å². The van der Waals surface area contributed by atoms with Crippen molar-refractivity contribution in [1.29, 1.82) is 0 Å². The summed E-state index contributed by atoms with van der Waals surface area (Å²) in [5, 5.41) is 11.1. The summed E-state index contributed by atoms with van der Waals surface area (Å²) in [5.74, 6) is -4.79. The molecule has 1 saturated carbocycles. The number of fused-ring (bicyclic) bond motifs is 4. The molecule has 2 aliphatic carbocycles. The Hall–Kier alpha value is -2.58. The molecule has 1 N–H and O–H groups in total. The molecule has 1 aromatic carbocycles. The van der Waals surface area contributed by atoms with Gasteiger partial charge in [0.25, 0.3) is 11.8 Å². The van der Waals surface area contributed by atoms with Crippen LogP contribution >= 0.6 is 23.2 Å². The minimum absolute atomic E-state index is 0.0693. The molecular formula is C25H26Cl2N2O6. The molecule has 0 radical (unpaired) electrons. The third kappa shape index (κ3) is 2.87. The van der Waals surface area contributed by atoms with Gasteiger partial charge in [-0.2, -0.15) is 0 Å². The van der Waals surface area contributed by atoms with E-state index in [0.29, 0.717) is 25.0 Å². The maximum absolute atomic E-state index is 13.5. The predicted octanol–water partition coefficient (Wildman–Crippen LogP) is 2.80. The summed E-state index contributed by atoms with van der Waals surface area (Å²) < 4.78 is 5.28. The number of amides is 4. The lowest BCUT2D eigenvalue weighted by Gasteiger charge is -2.50. The molecule has 2 heterocycles. The van der Waals surface area contributed by atoms with Crippen LogP contribution in [-0.4, -0.2) is 69.0 Å². The average molecular weight is 521 g/mol. The van der Waals surface area contributed by atoms with Crippen molar-refractivity contribution >= 4 is 46.8 Å². The van der Waals surface area contributed by atoms with Crippen LogP contribution in [0.15, 0.2) is 29.8 Å². The lowest BCUT2D eigenvalue weighted by Crippen LogP contribution is -2.60. The quantitative estimate of drug-likeness (QED) is 0.371. The molecule has 2 saturated heterocycles. The van der Waals surface area contributed by atoms with Crippen molar-refractivity contribution in [3.05, 3.63) is 35.4 Å². The number of halogens is 2. The fourth-order valence-corrected chi connectivity index (χ4v) is 7.55. The van der Waals surface area contributed by atoms with Gasteiger partial charge in [0, 0.05) is 25.1 Å². The number of methoxy groups -OCH3 is 1. The number of alkyl halides is 2. The number of phenols is 1. The third-order valence-electron chi connectivity index (χ3n) is 8.11. The zero-order valence-corrected chi connectivity index (χ0v) is 21.1. The van der Waals surface area contributed by atoms with Crippen molar-refractivity contribution < 1.29 is 29.0 Å². The number of likely N-dealkylation sites (tertiary alicyclic amines) is 2. The molecule has 6 atom stereocenters. The van der Waals surface area contributed by atoms with Gasteiger partial charge in [0.05, 0.1) is 18.9 Å². The minimum atomic E-state index is -1.94. The number of para-hydroxylation sites is 1. The number of rotatable bonds is 4. The van der Waals surface area contributed by atoms with Crippen LogP contribution in [0.5, 0.6) is 11.5 Å². The van der Waals surface area contributed by atoms with Crippen LogP contribution in [0.2, 0.25) is 0 Å². The minimum Gasteiger partial charge on any atom is -0.504 e. The highest BCUT2D eigenvalue weighted by Crippen LogP contribution is 2.66. The number of ether oxygens (including phenoxy) is 1. The maximum atomic E-state index is 13.5. The molecule has 0 bridgehead atoms. The van der Waals surface area contributed by atoms with Crippen LogP contribution < -0.4 is 4.74 Å². The molecule has 1 aromatic rings. The smallest absolute Gasteiger partial charge is 0.253 e. The van der Waals surface area contributed by atoms with Crippen molar-refractivity contribution in [2.24, 2.45) is 17.8 Å². The Balaban J connectivity index is 1.74. The summed E-state index contributed by atoms with van der Waals surface area (Å²) in [6.45, 7) is 2.21. The number of hydrogen-bond acceptors (Lipinski definition) is 6. The summed E-state index contributed by atoms with van der Waals surface area (Å²) in [6.07, 6.45) is 2.69. The first-order valence-corrected chi connectivity index (χ1v) is 12.4. The maximum Gasteiger partial charge on any atom is 0.253 e. The topological polar surface area (TPSA) is 104 Å². The SMILES string of the molecule is CCCN1C(=O)C2CC=C3C(CC4(Cl)C(=O)N(C)C(=O)C4(Cl)C3c3cccc(OC)c3O)C2C1=O. The molecule has 0 aromatic heterocycles. The monoisotopic (exact) mass is 520 g/mol. The summed E-state index contributed by atoms with van der Waals surface area (Å²) in [7, 11) is 2.73. The van der Waals surface area contributed by atoms with E-state index >= 15 is 0 Å². The average Bonchev–Trinajstić information content (AvgIpc) is 3.15. The van der Waals surface area contributed by atoms with E-state index < -0.39 is 45.2 Å². The number of carbonyl (C=O) groups is 4. The Labute approximate surface area is 212 Å². The van der Waals surface area contributed by atoms with Crippen molar-refractivity contribution in [3.8, 4) is 11.5 Å². The Bertz CT molecular complexity index is 1200. The van der Waals surface area contributed by atoms with Crippen LogP contribution in [0.25, 0.3) is 0 Å². The standard InChI is InChI=1S/C25H26Cl2N2O6/c1-4-10-29-20(31)13-9-8-12-15(17(13)21(29)32)11-24(26)22(33)28(2)23(34)25(24,27)18(12)14-6-5-7-16(35-3)19(14)30/h5-8,13,15,17-18,30H,4,9-11H2,1-3H3. The fourth-order valence-electron chi connectivity index (χ4n) is 6.54. The lowest BCUT2D eigenvalue weighted by atomic mass is 9.56. The highest BCUT2D eigenvalue weighted by atomic mass is 35.5. The summed E-state index contributed by atoms with van der Waals surface area (Å²) in [6, 6.07) is 4.83. The molecule has 35 heavy (non-hydrogen) atoms. The fraction of sp³-hybridized carbons (Fsp3) is 0.520. The zero-order valence-electron chi connectivity index (χ0n) is 19.6. The van der Waals surface area contributed by atoms with Gasteiger partial charge in [-0.1, -0.05) is 30.7 Å². The molecule has 0 spiro atoms. The Morgan fingerprint density at radius 3 is 2.49 bits per heavy atom. The highest BCUT2D eigenvalue weighted by molar-refractivity contribution is 6.53. The number of phenolic OH excluding ortho intramolecular Hbond substituents is 1. The van der Waals surface area contributed by atoms with E-state index in [-0.39, 0.29) is 35.3 Å². The molecule has 6 unspecified atom stereocenters. The second-order valence-electron chi connectivity index (χ2n) is 9.72. The van der Waals surface area contributed by atoms with Crippen molar-refractivity contribution in [3.63, 3.8) is 0 Å². The lowest BCUT2D eigenvalue weighted by molar-refractivity contribution is -0.141. The number of aromatic hydroxyl groups is 1. The third-order valence-corrected chi connectivity index (χ3v) is 9.53. The Morgan fingerprint density at radius 2 is 1.83 bits per heavy atom. The molecule has 4 amide bonds. The molecule has 2 aliphatic heterocycles. The number of benzene rings is 1. The van der Waals surface area contributed by atoms with Gasteiger partial charge in [-0.3, -0.25) is 29.0 Å². The normalized spacial score (nSPS) is 36.2. The first-order chi connectivity index (χ1) is 16.5. The van der Waals surface area contributed by atoms with E-state index in [1.165, 1.54) is 19.1 Å². The summed E-state index contributed by atoms with van der Waals surface area (Å²) in [4.78, 5) is 51.8. The van der Waals surface area contributed by atoms with E-state index in [1.807, 2.05) is 13.0 Å². The van der Waals surface area contributed by atoms with Crippen LogP contribution in [0.1, 0.15) is 37.7 Å². The number of imide groups is 2. The van der Waals surface area contributed by atoms with Crippen LogP contribution in [0, 0.1) is 17.8 Å². The first-order valence-electron chi connectivity index (χ1n) is 11.7. The molecule has 4 aliphatic rings. The van der Waals surface area contributed by atoms with E-state index in [0.717, 1.165) is 4.90 Å². The molecule has 3 fully saturated rings. The van der Waals surface area contributed by atoms with Crippen molar-refractivity contribution in [2.75, 3.05) is 20.7 Å². The largest absolute Gasteiger partial charge is 0.504 e. The zero-order chi connectivity index (χ0) is 25.4. The first kappa shape index (κ1) is 24.1. The van der Waals surface area contributed by atoms with E-state index in [2.05, 4.69) is 0 Å². The van der Waals surface area contributed by atoms with Gasteiger partial charge in [0.15, 0.2) is 21.2 Å². The van der Waals surface area contributed by atoms with Crippen LogP contribution in [-0.2, 0) is 19.2 Å². The number of carbonyl (C=O) groups excluding carboxylic acids is 4. The number of nitrogens with zero attached hydrogens (tertiary/aromatic N) is 2. The van der Waals surface area contributed by atoms with Crippen LogP contribution in [0.4, 0.5) is 0 Å². The Kier molecular flexibility index (Phi) is 5.49. The van der Waals surface area contributed by atoms with Gasteiger partial charge in [-0.15, -0.1) is 23.2 Å². The van der Waals surface area contributed by atoms with Gasteiger partial charge in [0.2, 0.25) is 11.8 Å². The van der Waals surface area contributed by atoms with Gasteiger partial charge in [-0.25, -0.2) is 0 Å². The second kappa shape index (κ2) is 7.96. The molecule has 5 rings (SSSR count). The number of allylic oxidation sites excluding steroid dienone is 2. The van der Waals surface area contributed by atoms with Crippen molar-refractivity contribution in [1.82, 2.24) is 9.80 Å².